The van der Waals surface area contributed by atoms with E-state index in [4.69, 9.17) is 18.9 Å². The average molecular weight is 458 g/mol. The molecule has 0 N–H and O–H groups in total. The molecule has 32 heavy (non-hydrogen) atoms. The first-order valence-electron chi connectivity index (χ1n) is 10.1. The highest BCUT2D eigenvalue weighted by Crippen LogP contribution is 2.26. The van der Waals surface area contributed by atoms with Crippen LogP contribution in [-0.2, 0) is 24.4 Å². The minimum Gasteiger partial charge on any atom is -0.497 e. The number of Topliss-reactive ketones (excluding diaryl/α,β-unsaturated/α-hetero) is 1. The molecule has 170 valence electrons. The number of rotatable bonds is 12. The lowest BCUT2D eigenvalue weighted by molar-refractivity contribution is -0.116. The van der Waals surface area contributed by atoms with Crippen LogP contribution in [-0.4, -0.2) is 47.6 Å². The van der Waals surface area contributed by atoms with Crippen molar-refractivity contribution in [3.8, 4) is 23.0 Å². The number of carbonyl (C=O) groups is 1. The van der Waals surface area contributed by atoms with Crippen molar-refractivity contribution in [2.24, 2.45) is 0 Å². The third-order valence-electron chi connectivity index (χ3n) is 4.76. The Balaban J connectivity index is 1.61. The van der Waals surface area contributed by atoms with E-state index in [1.807, 2.05) is 41.8 Å². The predicted molar refractivity (Wildman–Crippen MR) is 122 cm³/mol. The van der Waals surface area contributed by atoms with Crippen LogP contribution in [0.5, 0.6) is 23.0 Å². The number of thioether (sulfide) groups is 1. The van der Waals surface area contributed by atoms with Gasteiger partial charge < -0.3 is 23.5 Å². The molecule has 3 rings (SSSR count). The Hall–Kier alpha value is -3.20. The van der Waals surface area contributed by atoms with Gasteiger partial charge in [0.15, 0.2) is 11.0 Å². The number of aromatic nitrogens is 3. The van der Waals surface area contributed by atoms with Crippen molar-refractivity contribution in [1.29, 1.82) is 0 Å². The van der Waals surface area contributed by atoms with Gasteiger partial charge in [-0.2, -0.15) is 0 Å². The largest absolute Gasteiger partial charge is 0.497 e. The van der Waals surface area contributed by atoms with E-state index in [0.29, 0.717) is 34.8 Å². The van der Waals surface area contributed by atoms with Gasteiger partial charge in [0, 0.05) is 24.6 Å². The Morgan fingerprint density at radius 3 is 2.44 bits per heavy atom. The zero-order chi connectivity index (χ0) is 22.9. The highest BCUT2D eigenvalue weighted by atomic mass is 32.2. The van der Waals surface area contributed by atoms with Crippen LogP contribution in [0.4, 0.5) is 0 Å². The van der Waals surface area contributed by atoms with E-state index in [1.54, 1.807) is 33.5 Å². The van der Waals surface area contributed by atoms with Gasteiger partial charge in [-0.1, -0.05) is 17.8 Å². The lowest BCUT2D eigenvalue weighted by Gasteiger charge is -2.11. The quantitative estimate of drug-likeness (QED) is 0.380. The van der Waals surface area contributed by atoms with Gasteiger partial charge in [-0.3, -0.25) is 4.79 Å². The van der Waals surface area contributed by atoms with Gasteiger partial charge in [0.2, 0.25) is 0 Å². The molecule has 2 aromatic carbocycles. The molecule has 0 saturated heterocycles. The van der Waals surface area contributed by atoms with Gasteiger partial charge in [-0.05, 0) is 37.3 Å². The SMILES string of the molecule is CCn1c(COc2cccc(OC)c2)nnc1SCC(=O)Cc1cc(OC)ccc1OC. The maximum absolute atomic E-state index is 12.6. The van der Waals surface area contributed by atoms with E-state index >= 15 is 0 Å². The van der Waals surface area contributed by atoms with E-state index in [9.17, 15) is 4.79 Å². The predicted octanol–water partition coefficient (Wildman–Crippen LogP) is 3.81. The van der Waals surface area contributed by atoms with Crippen LogP contribution in [0, 0.1) is 0 Å². The molecular formula is C23H27N3O5S. The molecule has 8 nitrogen and oxygen atoms in total. The Bertz CT molecular complexity index is 1050. The summed E-state index contributed by atoms with van der Waals surface area (Å²) in [5.74, 6) is 3.79. The molecule has 1 aromatic heterocycles. The standard InChI is InChI=1S/C23H27N3O5S/c1-5-26-22(14-31-20-8-6-7-18(13-20)28-2)24-25-23(26)32-15-17(27)11-16-12-19(29-3)9-10-21(16)30-4/h6-10,12-13H,5,11,14-15H2,1-4H3. The van der Waals surface area contributed by atoms with Gasteiger partial charge in [0.25, 0.3) is 0 Å². The zero-order valence-corrected chi connectivity index (χ0v) is 19.5. The van der Waals surface area contributed by atoms with Gasteiger partial charge in [0.1, 0.15) is 35.4 Å². The topological polar surface area (TPSA) is 84.7 Å². The minimum absolute atomic E-state index is 0.0568. The van der Waals surface area contributed by atoms with Crippen molar-refractivity contribution in [2.45, 2.75) is 31.7 Å². The fourth-order valence-electron chi connectivity index (χ4n) is 3.12. The van der Waals surface area contributed by atoms with Crippen molar-refractivity contribution in [2.75, 3.05) is 27.1 Å². The van der Waals surface area contributed by atoms with Crippen LogP contribution < -0.4 is 18.9 Å². The van der Waals surface area contributed by atoms with Gasteiger partial charge in [0.05, 0.1) is 27.1 Å². The molecule has 0 fully saturated rings. The van der Waals surface area contributed by atoms with Crippen LogP contribution in [0.25, 0.3) is 0 Å². The number of ketones is 1. The first kappa shape index (κ1) is 23.5. The molecule has 0 saturated carbocycles. The van der Waals surface area contributed by atoms with Crippen LogP contribution in [0.2, 0.25) is 0 Å². The highest BCUT2D eigenvalue weighted by Gasteiger charge is 2.16. The molecule has 1 heterocycles. The Morgan fingerprint density at radius 1 is 0.969 bits per heavy atom. The van der Waals surface area contributed by atoms with E-state index in [0.717, 1.165) is 11.3 Å². The number of hydrogen-bond acceptors (Lipinski definition) is 8. The molecule has 0 aliphatic heterocycles. The first-order valence-corrected chi connectivity index (χ1v) is 11.1. The third-order valence-corrected chi connectivity index (χ3v) is 5.78. The summed E-state index contributed by atoms with van der Waals surface area (Å²) in [5, 5.41) is 9.18. The van der Waals surface area contributed by atoms with Crippen molar-refractivity contribution in [1.82, 2.24) is 14.8 Å². The lowest BCUT2D eigenvalue weighted by atomic mass is 10.1. The summed E-state index contributed by atoms with van der Waals surface area (Å²) in [7, 11) is 4.79. The second-order valence-electron chi connectivity index (χ2n) is 6.79. The van der Waals surface area contributed by atoms with Gasteiger partial charge in [-0.25, -0.2) is 0 Å². The van der Waals surface area contributed by atoms with Crippen molar-refractivity contribution in [3.05, 3.63) is 53.9 Å². The molecule has 0 aliphatic rings. The van der Waals surface area contributed by atoms with Crippen molar-refractivity contribution in [3.63, 3.8) is 0 Å². The van der Waals surface area contributed by atoms with Crippen LogP contribution >= 0.6 is 11.8 Å². The second-order valence-corrected chi connectivity index (χ2v) is 7.74. The van der Waals surface area contributed by atoms with Crippen LogP contribution in [0.3, 0.4) is 0 Å². The smallest absolute Gasteiger partial charge is 0.191 e. The molecule has 0 bridgehead atoms. The highest BCUT2D eigenvalue weighted by molar-refractivity contribution is 7.99. The van der Waals surface area contributed by atoms with E-state index < -0.39 is 0 Å². The Kier molecular flexibility index (Phi) is 8.38. The summed E-state index contributed by atoms with van der Waals surface area (Å²) in [4.78, 5) is 12.6. The summed E-state index contributed by atoms with van der Waals surface area (Å²) in [6.07, 6.45) is 0.249. The molecular weight excluding hydrogens is 430 g/mol. The normalized spacial score (nSPS) is 10.6. The zero-order valence-electron chi connectivity index (χ0n) is 18.7. The molecule has 0 spiro atoms. The summed E-state index contributed by atoms with van der Waals surface area (Å²) in [5.41, 5.74) is 0.793. The molecule has 0 aliphatic carbocycles. The molecule has 9 heteroatoms. The van der Waals surface area contributed by atoms with E-state index in [-0.39, 0.29) is 24.6 Å². The fraction of sp³-hybridized carbons (Fsp3) is 0.348. The Labute approximate surface area is 191 Å². The molecule has 0 radical (unpaired) electrons. The molecule has 0 unspecified atom stereocenters. The number of nitrogens with zero attached hydrogens (tertiary/aromatic N) is 3. The number of ether oxygens (including phenoxy) is 4. The summed E-state index contributed by atoms with van der Waals surface area (Å²) in [6, 6.07) is 12.8. The van der Waals surface area contributed by atoms with Crippen LogP contribution in [0.15, 0.2) is 47.6 Å². The van der Waals surface area contributed by atoms with E-state index in [2.05, 4.69) is 10.2 Å². The summed E-state index contributed by atoms with van der Waals surface area (Å²) >= 11 is 1.36. The molecule has 0 atom stereocenters. The molecule has 0 amide bonds. The molecule has 3 aromatic rings. The maximum Gasteiger partial charge on any atom is 0.191 e. The summed E-state index contributed by atoms with van der Waals surface area (Å²) < 4.78 is 23.6. The number of methoxy groups -OCH3 is 3. The minimum atomic E-state index is 0.0568. The lowest BCUT2D eigenvalue weighted by Crippen LogP contribution is -2.10. The first-order chi connectivity index (χ1) is 15.6. The van der Waals surface area contributed by atoms with Crippen molar-refractivity contribution >= 4 is 17.5 Å². The van der Waals surface area contributed by atoms with Crippen LogP contribution in [0.1, 0.15) is 18.3 Å². The van der Waals surface area contributed by atoms with Crippen molar-refractivity contribution < 1.29 is 23.7 Å². The number of carbonyl (C=O) groups excluding carboxylic acids is 1. The summed E-state index contributed by atoms with van der Waals surface area (Å²) in [6.45, 7) is 2.94. The van der Waals surface area contributed by atoms with E-state index in [1.165, 1.54) is 11.8 Å². The van der Waals surface area contributed by atoms with Gasteiger partial charge >= 0.3 is 0 Å². The Morgan fingerprint density at radius 2 is 1.72 bits per heavy atom. The van der Waals surface area contributed by atoms with Gasteiger partial charge in [-0.15, -0.1) is 10.2 Å². The fourth-order valence-corrected chi connectivity index (χ4v) is 4.00. The average Bonchev–Trinajstić information content (AvgIpc) is 3.23. The second kappa shape index (κ2) is 11.4. The number of hydrogen-bond donors (Lipinski definition) is 0. The third kappa shape index (κ3) is 5.94. The number of benzene rings is 2. The maximum atomic E-state index is 12.6. The monoisotopic (exact) mass is 457 g/mol.